The van der Waals surface area contributed by atoms with Gasteiger partial charge < -0.3 is 18.9 Å². The minimum Gasteiger partial charge on any atom is -0.460 e. The van der Waals surface area contributed by atoms with Gasteiger partial charge >= 0.3 is 23.9 Å². The number of nitro groups is 4. The van der Waals surface area contributed by atoms with E-state index in [2.05, 4.69) is 25.9 Å². The van der Waals surface area contributed by atoms with Crippen LogP contribution in [0.4, 0.5) is 22.7 Å². The minimum absolute atomic E-state index is 0.00176. The Morgan fingerprint density at radius 1 is 0.382 bits per heavy atom. The largest absolute Gasteiger partial charge is 0.460 e. The molecule has 0 aromatic heterocycles. The predicted molar refractivity (Wildman–Crippen MR) is 324 cm³/mol. The Bertz CT molecular complexity index is 3420. The summed E-state index contributed by atoms with van der Waals surface area (Å²) >= 11 is 0. The molecule has 0 saturated heterocycles. The number of nitrogens with zero attached hydrogens (tertiary/aromatic N) is 4. The maximum Gasteiger partial charge on any atom is 0.379 e. The van der Waals surface area contributed by atoms with Crippen molar-refractivity contribution in [2.24, 2.45) is 5.92 Å². The van der Waals surface area contributed by atoms with Crippen molar-refractivity contribution in [3.05, 3.63) is 183 Å². The number of ether oxygens (including phenoxy) is 4. The molecule has 3 aliphatic rings. The topological polar surface area (TPSA) is 346 Å². The highest BCUT2D eigenvalue weighted by Crippen LogP contribution is 2.42. The maximum atomic E-state index is 12.0. The van der Waals surface area contributed by atoms with E-state index in [0.717, 1.165) is 95.5 Å². The van der Waals surface area contributed by atoms with Crippen LogP contribution in [0.25, 0.3) is 11.1 Å². The van der Waals surface area contributed by atoms with Crippen molar-refractivity contribution in [2.75, 3.05) is 26.4 Å². The Labute approximate surface area is 513 Å². The van der Waals surface area contributed by atoms with Gasteiger partial charge in [-0.25, -0.2) is 19.2 Å². The van der Waals surface area contributed by atoms with Crippen molar-refractivity contribution in [1.82, 2.24) is 0 Å². The standard InChI is InChI=1S/2C17H21NO5.C16H13NO5.C15H17NO5/c1-3-23-17(20)16(19)12-8-9-14(15(10-12)18(21)22)13-7-5-4-6-11(13)2;1-2-23-17(20)16(19)13-9-10-14(15(11-13)18(21)22)12-7-5-3-4-6-8-12;1-2-22-16(19)15(18)13-9-8-12(10-14(13)17(20)21)11-6-4-3-5-7-11;1-2-21-15(18)14(17)11-7-8-12(10-5-3-4-6-10)13(9-11)16(19)20/h8-11,13H,3-7H2,1-2H3;9-12H,2-8H2,1H3;3-10H,2H2,1H3;7-10H,2-6H2,1H3. The third-order valence-corrected chi connectivity index (χ3v) is 15.5. The van der Waals surface area contributed by atoms with E-state index in [1.165, 1.54) is 48.5 Å². The van der Waals surface area contributed by atoms with Crippen molar-refractivity contribution < 1.29 is 77.0 Å². The number of Topliss-reactive ketones (excluding diaryl/α,β-unsaturated/α-hetero) is 4. The van der Waals surface area contributed by atoms with Crippen molar-refractivity contribution in [3.8, 4) is 11.1 Å². The monoisotopic (exact) mass is 1230 g/mol. The second kappa shape index (κ2) is 34.6. The summed E-state index contributed by atoms with van der Waals surface area (Å²) < 4.78 is 18.6. The van der Waals surface area contributed by atoms with Crippen LogP contribution in [0.15, 0.2) is 103 Å². The number of nitro benzene ring substituents is 4. The van der Waals surface area contributed by atoms with Gasteiger partial charge in [0, 0.05) is 57.6 Å². The molecule has 3 saturated carbocycles. The molecule has 0 radical (unpaired) electrons. The Morgan fingerprint density at radius 3 is 1.11 bits per heavy atom. The molecule has 2 atom stereocenters. The summed E-state index contributed by atoms with van der Waals surface area (Å²) in [5.74, 6) is -6.82. The second-order valence-corrected chi connectivity index (χ2v) is 21.2. The van der Waals surface area contributed by atoms with E-state index in [4.69, 9.17) is 0 Å². The zero-order chi connectivity index (χ0) is 65.3. The van der Waals surface area contributed by atoms with Crippen LogP contribution in [0.2, 0.25) is 0 Å². The molecule has 89 heavy (non-hydrogen) atoms. The fourth-order valence-electron chi connectivity index (χ4n) is 11.1. The highest BCUT2D eigenvalue weighted by atomic mass is 16.6. The molecule has 0 N–H and O–H groups in total. The average molecular weight is 1230 g/mol. The Kier molecular flexibility index (Phi) is 27.2. The number of carbonyl (C=O) groups excluding carboxylic acids is 8. The summed E-state index contributed by atoms with van der Waals surface area (Å²) in [7, 11) is 0. The second-order valence-electron chi connectivity index (χ2n) is 21.2. The molecule has 24 heteroatoms. The quantitative estimate of drug-likeness (QED) is 0.0133. The third kappa shape index (κ3) is 19.4. The first-order valence-corrected chi connectivity index (χ1v) is 29.6. The summed E-state index contributed by atoms with van der Waals surface area (Å²) in [5, 5.41) is 45.2. The van der Waals surface area contributed by atoms with Crippen LogP contribution in [-0.2, 0) is 38.1 Å². The highest BCUT2D eigenvalue weighted by molar-refractivity contribution is 6.42. The highest BCUT2D eigenvalue weighted by Gasteiger charge is 2.33. The first kappa shape index (κ1) is 70.0. The van der Waals surface area contributed by atoms with Gasteiger partial charge in [-0.3, -0.25) is 59.6 Å². The summed E-state index contributed by atoms with van der Waals surface area (Å²) in [5.41, 5.74) is 2.41. The lowest BCUT2D eigenvalue weighted by molar-refractivity contribution is -0.386. The van der Waals surface area contributed by atoms with Gasteiger partial charge in [0.15, 0.2) is 0 Å². The van der Waals surface area contributed by atoms with Crippen molar-refractivity contribution >= 4 is 69.8 Å². The minimum atomic E-state index is -1.10. The van der Waals surface area contributed by atoms with Gasteiger partial charge in [0.2, 0.25) is 0 Å². The molecule has 0 spiro atoms. The molecular formula is C65H72N4O20. The molecule has 0 heterocycles. The van der Waals surface area contributed by atoms with Gasteiger partial charge in [-0.15, -0.1) is 0 Å². The molecule has 5 aromatic rings. The summed E-state index contributed by atoms with van der Waals surface area (Å²) in [6.45, 7) is 8.74. The maximum absolute atomic E-state index is 12.0. The van der Waals surface area contributed by atoms with E-state index in [0.29, 0.717) is 28.2 Å². The summed E-state index contributed by atoms with van der Waals surface area (Å²) in [6, 6.07) is 26.1. The van der Waals surface area contributed by atoms with Gasteiger partial charge in [0.1, 0.15) is 5.56 Å². The SMILES string of the molecule is CCOC(=O)C(=O)c1ccc(-c2ccccc2)cc1[N+](=O)[O-].CCOC(=O)C(=O)c1ccc(C2CCCC2)c([N+](=O)[O-])c1.CCOC(=O)C(=O)c1ccc(C2CCCCC2C)c([N+](=O)[O-])c1.CCOC(=O)C(=O)c1ccc(C2CCCCCC2)c([N+](=O)[O-])c1. The van der Waals surface area contributed by atoms with E-state index in [1.807, 2.05) is 6.07 Å². The summed E-state index contributed by atoms with van der Waals surface area (Å²) in [6.07, 6.45) is 14.4. The molecule has 0 bridgehead atoms. The number of benzene rings is 5. The number of ketones is 4. The van der Waals surface area contributed by atoms with Crippen LogP contribution >= 0.6 is 0 Å². The molecule has 5 aromatic carbocycles. The Hall–Kier alpha value is -9.74. The van der Waals surface area contributed by atoms with Crippen molar-refractivity contribution in [3.63, 3.8) is 0 Å². The van der Waals surface area contributed by atoms with E-state index < -0.39 is 72.4 Å². The zero-order valence-corrected chi connectivity index (χ0v) is 50.3. The lowest BCUT2D eigenvalue weighted by Gasteiger charge is -2.28. The first-order chi connectivity index (χ1) is 42.6. The van der Waals surface area contributed by atoms with Crippen LogP contribution < -0.4 is 0 Å². The molecule has 472 valence electrons. The van der Waals surface area contributed by atoms with Gasteiger partial charge in [-0.1, -0.05) is 119 Å². The fraction of sp³-hybridized carbons (Fsp3) is 0.415. The molecule has 3 aliphatic carbocycles. The van der Waals surface area contributed by atoms with Gasteiger partial charge in [0.25, 0.3) is 45.9 Å². The van der Waals surface area contributed by atoms with E-state index >= 15 is 0 Å². The normalized spacial score (nSPS) is 15.4. The van der Waals surface area contributed by atoms with Crippen molar-refractivity contribution in [1.29, 1.82) is 0 Å². The molecule has 24 nitrogen and oxygen atoms in total. The predicted octanol–water partition coefficient (Wildman–Crippen LogP) is 13.4. The third-order valence-electron chi connectivity index (χ3n) is 15.5. The number of rotatable bonds is 20. The molecule has 0 amide bonds. The smallest absolute Gasteiger partial charge is 0.379 e. The van der Waals surface area contributed by atoms with Crippen LogP contribution in [-0.4, -0.2) is 93.1 Å². The van der Waals surface area contributed by atoms with Crippen LogP contribution in [0.3, 0.4) is 0 Å². The molecule has 2 unspecified atom stereocenters. The van der Waals surface area contributed by atoms with E-state index in [1.54, 1.807) is 76.2 Å². The van der Waals surface area contributed by atoms with Crippen LogP contribution in [0.5, 0.6) is 0 Å². The van der Waals surface area contributed by atoms with Gasteiger partial charge in [-0.2, -0.15) is 0 Å². The van der Waals surface area contributed by atoms with Gasteiger partial charge in [-0.05, 0) is 119 Å². The Morgan fingerprint density at radius 2 is 0.730 bits per heavy atom. The summed E-state index contributed by atoms with van der Waals surface area (Å²) in [4.78, 5) is 137. The number of hydrogen-bond acceptors (Lipinski definition) is 20. The van der Waals surface area contributed by atoms with Crippen molar-refractivity contribution in [2.45, 2.75) is 142 Å². The molecular weight excluding hydrogens is 1160 g/mol. The number of hydrogen-bond donors (Lipinski definition) is 0. The number of carbonyl (C=O) groups is 8. The molecule has 3 fully saturated rings. The van der Waals surface area contributed by atoms with Gasteiger partial charge in [0.05, 0.1) is 46.1 Å². The average Bonchev–Trinajstić information content (AvgIpc) is 3.17. The molecule has 8 rings (SSSR count). The zero-order valence-electron chi connectivity index (χ0n) is 50.3. The Balaban J connectivity index is 0.000000216. The van der Waals surface area contributed by atoms with Crippen LogP contribution in [0.1, 0.15) is 200 Å². The van der Waals surface area contributed by atoms with Crippen LogP contribution in [0, 0.1) is 46.4 Å². The first-order valence-electron chi connectivity index (χ1n) is 29.6. The molecule has 0 aliphatic heterocycles. The number of esters is 4. The fourth-order valence-corrected chi connectivity index (χ4v) is 11.1. The lowest BCUT2D eigenvalue weighted by atomic mass is 9.76. The lowest BCUT2D eigenvalue weighted by Crippen LogP contribution is -2.19. The van der Waals surface area contributed by atoms with E-state index in [-0.39, 0.29) is 83.5 Å². The van der Waals surface area contributed by atoms with E-state index in [9.17, 15) is 78.8 Å².